The molecule has 84 valence electrons. The van der Waals surface area contributed by atoms with Crippen molar-refractivity contribution in [3.05, 3.63) is 42.5 Å². The standard InChI is InChI=1S/C12H10F3N/c1-16(12(13,14)15)11-7-6-9-4-2-3-5-10(9)8-11/h2-8H,1H3. The quantitative estimate of drug-likeness (QED) is 0.667. The summed E-state index contributed by atoms with van der Waals surface area (Å²) in [5.41, 5.74) is 0.145. The first-order valence-electron chi connectivity index (χ1n) is 4.78. The van der Waals surface area contributed by atoms with E-state index in [1.165, 1.54) is 12.1 Å². The summed E-state index contributed by atoms with van der Waals surface area (Å²) < 4.78 is 37.4. The van der Waals surface area contributed by atoms with Gasteiger partial charge in [-0.05, 0) is 22.9 Å². The number of rotatable bonds is 1. The van der Waals surface area contributed by atoms with Crippen LogP contribution < -0.4 is 4.90 Å². The van der Waals surface area contributed by atoms with Gasteiger partial charge in [0.05, 0.1) is 0 Å². The van der Waals surface area contributed by atoms with Gasteiger partial charge in [-0.3, -0.25) is 4.90 Å². The molecular formula is C12H10F3N. The van der Waals surface area contributed by atoms with Gasteiger partial charge in [-0.2, -0.15) is 13.2 Å². The van der Waals surface area contributed by atoms with Crippen molar-refractivity contribution in [2.45, 2.75) is 6.30 Å². The fourth-order valence-electron chi connectivity index (χ4n) is 1.53. The van der Waals surface area contributed by atoms with Crippen molar-refractivity contribution in [2.24, 2.45) is 0 Å². The van der Waals surface area contributed by atoms with Crippen LogP contribution in [0.25, 0.3) is 10.8 Å². The van der Waals surface area contributed by atoms with Crippen LogP contribution in [0.1, 0.15) is 0 Å². The van der Waals surface area contributed by atoms with Crippen LogP contribution in [-0.2, 0) is 0 Å². The van der Waals surface area contributed by atoms with E-state index in [-0.39, 0.29) is 5.69 Å². The lowest BCUT2D eigenvalue weighted by atomic mass is 10.1. The molecule has 0 aliphatic rings. The van der Waals surface area contributed by atoms with Crippen molar-refractivity contribution in [3.63, 3.8) is 0 Å². The van der Waals surface area contributed by atoms with E-state index >= 15 is 0 Å². The summed E-state index contributed by atoms with van der Waals surface area (Å²) in [5, 5.41) is 1.73. The van der Waals surface area contributed by atoms with Gasteiger partial charge < -0.3 is 0 Å². The number of hydrogen-bond acceptors (Lipinski definition) is 1. The topological polar surface area (TPSA) is 3.24 Å². The largest absolute Gasteiger partial charge is 0.484 e. The van der Waals surface area contributed by atoms with Crippen LogP contribution in [0.5, 0.6) is 0 Å². The van der Waals surface area contributed by atoms with Crippen molar-refractivity contribution in [3.8, 4) is 0 Å². The van der Waals surface area contributed by atoms with Gasteiger partial charge in [0.25, 0.3) is 0 Å². The van der Waals surface area contributed by atoms with Gasteiger partial charge in [-0.1, -0.05) is 30.3 Å². The smallest absolute Gasteiger partial charge is 0.287 e. The Hall–Kier alpha value is -1.71. The highest BCUT2D eigenvalue weighted by atomic mass is 19.4. The lowest BCUT2D eigenvalue weighted by Crippen LogP contribution is -2.33. The van der Waals surface area contributed by atoms with Crippen LogP contribution in [-0.4, -0.2) is 13.3 Å². The monoisotopic (exact) mass is 225 g/mol. The van der Waals surface area contributed by atoms with Gasteiger partial charge in [-0.15, -0.1) is 0 Å². The Bertz CT molecular complexity index is 505. The molecule has 0 radical (unpaired) electrons. The highest BCUT2D eigenvalue weighted by Crippen LogP contribution is 2.28. The summed E-state index contributed by atoms with van der Waals surface area (Å²) in [6, 6.07) is 12.0. The summed E-state index contributed by atoms with van der Waals surface area (Å²) in [4.78, 5) is 0.305. The number of nitrogens with zero attached hydrogens (tertiary/aromatic N) is 1. The minimum atomic E-state index is -4.34. The molecule has 0 saturated heterocycles. The Morgan fingerprint density at radius 2 is 1.56 bits per heavy atom. The van der Waals surface area contributed by atoms with E-state index in [9.17, 15) is 13.2 Å². The van der Waals surface area contributed by atoms with Gasteiger partial charge >= 0.3 is 6.30 Å². The van der Waals surface area contributed by atoms with Crippen LogP contribution >= 0.6 is 0 Å². The predicted molar refractivity (Wildman–Crippen MR) is 58.4 cm³/mol. The van der Waals surface area contributed by atoms with Gasteiger partial charge in [0.2, 0.25) is 0 Å². The van der Waals surface area contributed by atoms with Crippen LogP contribution in [0.4, 0.5) is 18.9 Å². The maximum Gasteiger partial charge on any atom is 0.484 e. The predicted octanol–water partition coefficient (Wildman–Crippen LogP) is 3.80. The van der Waals surface area contributed by atoms with E-state index in [1.54, 1.807) is 18.2 Å². The van der Waals surface area contributed by atoms with Crippen molar-refractivity contribution in [2.75, 3.05) is 11.9 Å². The first kappa shape index (κ1) is 10.8. The summed E-state index contributed by atoms with van der Waals surface area (Å²) in [7, 11) is 1.02. The molecule has 0 aromatic heterocycles. The molecular weight excluding hydrogens is 215 g/mol. The molecule has 0 heterocycles. The van der Waals surface area contributed by atoms with E-state index in [0.29, 0.717) is 4.90 Å². The minimum absolute atomic E-state index is 0.145. The van der Waals surface area contributed by atoms with Gasteiger partial charge in [0.1, 0.15) is 0 Å². The number of fused-ring (bicyclic) bond motifs is 1. The fourth-order valence-corrected chi connectivity index (χ4v) is 1.53. The zero-order chi connectivity index (χ0) is 11.8. The van der Waals surface area contributed by atoms with E-state index in [4.69, 9.17) is 0 Å². The van der Waals surface area contributed by atoms with Crippen molar-refractivity contribution < 1.29 is 13.2 Å². The minimum Gasteiger partial charge on any atom is -0.287 e. The Balaban J connectivity index is 2.47. The van der Waals surface area contributed by atoms with Crippen molar-refractivity contribution >= 4 is 16.5 Å². The van der Waals surface area contributed by atoms with Crippen LogP contribution in [0.15, 0.2) is 42.5 Å². The molecule has 0 amide bonds. The Morgan fingerprint density at radius 1 is 0.938 bits per heavy atom. The number of hydrogen-bond donors (Lipinski definition) is 0. The first-order valence-corrected chi connectivity index (χ1v) is 4.78. The summed E-state index contributed by atoms with van der Waals surface area (Å²) in [5.74, 6) is 0. The SMILES string of the molecule is CN(c1ccc2ccccc2c1)C(F)(F)F. The van der Waals surface area contributed by atoms with Crippen molar-refractivity contribution in [1.29, 1.82) is 0 Å². The Morgan fingerprint density at radius 3 is 2.19 bits per heavy atom. The molecule has 0 unspecified atom stereocenters. The second kappa shape index (κ2) is 3.70. The zero-order valence-corrected chi connectivity index (χ0v) is 8.62. The highest BCUT2D eigenvalue weighted by Gasteiger charge is 2.34. The van der Waals surface area contributed by atoms with Crippen LogP contribution in [0.2, 0.25) is 0 Å². The molecule has 0 bridgehead atoms. The van der Waals surface area contributed by atoms with E-state index in [1.807, 2.05) is 12.1 Å². The lowest BCUT2D eigenvalue weighted by molar-refractivity contribution is -0.125. The van der Waals surface area contributed by atoms with Crippen LogP contribution in [0.3, 0.4) is 0 Å². The van der Waals surface area contributed by atoms with Crippen molar-refractivity contribution in [1.82, 2.24) is 0 Å². The number of anilines is 1. The summed E-state index contributed by atoms with van der Waals surface area (Å²) in [6.07, 6.45) is -4.34. The fraction of sp³-hybridized carbons (Fsp3) is 0.167. The van der Waals surface area contributed by atoms with Crippen LogP contribution in [0, 0.1) is 0 Å². The third kappa shape index (κ3) is 1.96. The normalized spacial score (nSPS) is 11.8. The molecule has 0 N–H and O–H groups in total. The molecule has 0 spiro atoms. The average Bonchev–Trinajstić information content (AvgIpc) is 2.26. The molecule has 0 fully saturated rings. The molecule has 2 aromatic rings. The maximum atomic E-state index is 12.5. The lowest BCUT2D eigenvalue weighted by Gasteiger charge is -2.22. The van der Waals surface area contributed by atoms with Gasteiger partial charge in [0.15, 0.2) is 0 Å². The van der Waals surface area contributed by atoms with E-state index in [0.717, 1.165) is 17.8 Å². The van der Waals surface area contributed by atoms with E-state index in [2.05, 4.69) is 0 Å². The molecule has 1 nitrogen and oxygen atoms in total. The molecule has 2 aromatic carbocycles. The Labute approximate surface area is 91.1 Å². The van der Waals surface area contributed by atoms with E-state index < -0.39 is 6.30 Å². The third-order valence-corrected chi connectivity index (χ3v) is 2.50. The second-order valence-electron chi connectivity index (χ2n) is 3.56. The summed E-state index contributed by atoms with van der Waals surface area (Å²) >= 11 is 0. The number of alkyl halides is 3. The Kier molecular flexibility index (Phi) is 2.50. The molecule has 0 aliphatic heterocycles. The maximum absolute atomic E-state index is 12.5. The highest BCUT2D eigenvalue weighted by molar-refractivity contribution is 5.85. The first-order chi connectivity index (χ1) is 7.48. The van der Waals surface area contributed by atoms with Gasteiger partial charge in [0, 0.05) is 12.7 Å². The molecule has 0 atom stereocenters. The molecule has 2 rings (SSSR count). The zero-order valence-electron chi connectivity index (χ0n) is 8.62. The molecule has 0 saturated carbocycles. The van der Waals surface area contributed by atoms with Gasteiger partial charge in [-0.25, -0.2) is 0 Å². The summed E-state index contributed by atoms with van der Waals surface area (Å²) in [6.45, 7) is 0. The molecule has 16 heavy (non-hydrogen) atoms. The number of benzene rings is 2. The second-order valence-corrected chi connectivity index (χ2v) is 3.56. The molecule has 4 heteroatoms. The average molecular weight is 225 g/mol. The third-order valence-electron chi connectivity index (χ3n) is 2.50. The number of halogens is 3. The molecule has 0 aliphatic carbocycles.